The zero-order valence-electron chi connectivity index (χ0n) is 16.6. The van der Waals surface area contributed by atoms with E-state index < -0.39 is 5.54 Å². The molecule has 0 unspecified atom stereocenters. The molecule has 5 rings (SSSR count). The molecular formula is C26H19IN4. The Morgan fingerprint density at radius 2 is 1.03 bits per heavy atom. The van der Waals surface area contributed by atoms with Crippen molar-refractivity contribution in [3.05, 3.63) is 136 Å². The third-order valence-electron chi connectivity index (χ3n) is 5.40. The van der Waals surface area contributed by atoms with Crippen LogP contribution in [0.4, 0.5) is 0 Å². The summed E-state index contributed by atoms with van der Waals surface area (Å²) in [6, 6.07) is 39.2. The first-order valence-electron chi connectivity index (χ1n) is 10.0. The second-order valence-corrected chi connectivity index (χ2v) is 8.35. The number of nitrogens with zero attached hydrogens (tertiary/aromatic N) is 4. The quantitative estimate of drug-likeness (QED) is 0.221. The van der Waals surface area contributed by atoms with Gasteiger partial charge in [0, 0.05) is 9.13 Å². The molecule has 0 atom stereocenters. The molecule has 5 heteroatoms. The van der Waals surface area contributed by atoms with Crippen LogP contribution < -0.4 is 0 Å². The fourth-order valence-electron chi connectivity index (χ4n) is 3.99. The highest BCUT2D eigenvalue weighted by atomic mass is 127. The number of tetrazole rings is 1. The lowest BCUT2D eigenvalue weighted by atomic mass is 9.77. The summed E-state index contributed by atoms with van der Waals surface area (Å²) < 4.78 is 1.09. The summed E-state index contributed by atoms with van der Waals surface area (Å²) in [4.78, 5) is 1.76. The number of hydrogen-bond acceptors (Lipinski definition) is 3. The Kier molecular flexibility index (Phi) is 5.34. The van der Waals surface area contributed by atoms with Crippen molar-refractivity contribution in [1.82, 2.24) is 20.2 Å². The van der Waals surface area contributed by atoms with Gasteiger partial charge in [0.15, 0.2) is 5.54 Å². The maximum Gasteiger partial charge on any atom is 0.206 e. The van der Waals surface area contributed by atoms with E-state index in [1.165, 1.54) is 0 Å². The molecule has 0 radical (unpaired) electrons. The molecule has 4 nitrogen and oxygen atoms in total. The van der Waals surface area contributed by atoms with E-state index in [2.05, 4.69) is 75.4 Å². The van der Waals surface area contributed by atoms with Crippen molar-refractivity contribution in [1.29, 1.82) is 0 Å². The minimum Gasteiger partial charge on any atom is -0.144 e. The average Bonchev–Trinajstić information content (AvgIpc) is 3.32. The summed E-state index contributed by atoms with van der Waals surface area (Å²) in [5.41, 5.74) is 3.42. The second-order valence-electron chi connectivity index (χ2n) is 7.19. The third kappa shape index (κ3) is 3.45. The van der Waals surface area contributed by atoms with Gasteiger partial charge in [-0.15, -0.1) is 15.0 Å². The van der Waals surface area contributed by atoms with E-state index in [9.17, 15) is 0 Å². The monoisotopic (exact) mass is 514 g/mol. The van der Waals surface area contributed by atoms with E-state index >= 15 is 0 Å². The minimum atomic E-state index is -0.755. The molecule has 0 aliphatic heterocycles. The van der Waals surface area contributed by atoms with E-state index in [4.69, 9.17) is 5.10 Å². The smallest absolute Gasteiger partial charge is 0.144 e. The molecule has 0 aliphatic carbocycles. The highest BCUT2D eigenvalue weighted by molar-refractivity contribution is 14.1. The van der Waals surface area contributed by atoms with Gasteiger partial charge in [-0.25, -0.2) is 0 Å². The van der Waals surface area contributed by atoms with E-state index in [1.54, 1.807) is 4.80 Å². The Bertz CT molecular complexity index is 1190. The van der Waals surface area contributed by atoms with Crippen molar-refractivity contribution in [2.45, 2.75) is 5.54 Å². The van der Waals surface area contributed by atoms with Gasteiger partial charge in [-0.3, -0.25) is 0 Å². The van der Waals surface area contributed by atoms with Gasteiger partial charge in [0.1, 0.15) is 0 Å². The fraction of sp³-hybridized carbons (Fsp3) is 0.0385. The first-order valence-corrected chi connectivity index (χ1v) is 11.1. The highest BCUT2D eigenvalue weighted by Crippen LogP contribution is 2.39. The molecule has 0 saturated heterocycles. The Morgan fingerprint density at radius 1 is 0.581 bits per heavy atom. The first-order chi connectivity index (χ1) is 15.3. The number of rotatable bonds is 5. The zero-order valence-corrected chi connectivity index (χ0v) is 18.8. The lowest BCUT2D eigenvalue weighted by molar-refractivity contribution is 0.396. The van der Waals surface area contributed by atoms with Crippen molar-refractivity contribution in [2.24, 2.45) is 0 Å². The van der Waals surface area contributed by atoms with Crippen LogP contribution in [0, 0.1) is 3.57 Å². The van der Waals surface area contributed by atoms with Crippen LogP contribution in [0.15, 0.2) is 115 Å². The maximum atomic E-state index is 4.93. The molecule has 1 heterocycles. The van der Waals surface area contributed by atoms with Gasteiger partial charge in [0.05, 0.1) is 0 Å². The molecular weight excluding hydrogens is 495 g/mol. The van der Waals surface area contributed by atoms with Gasteiger partial charge in [0.2, 0.25) is 5.82 Å². The molecule has 1 aromatic heterocycles. The van der Waals surface area contributed by atoms with Gasteiger partial charge < -0.3 is 0 Å². The van der Waals surface area contributed by atoms with Crippen molar-refractivity contribution in [3.8, 4) is 11.4 Å². The van der Waals surface area contributed by atoms with Crippen LogP contribution in [0.25, 0.3) is 11.4 Å². The molecule has 0 fully saturated rings. The van der Waals surface area contributed by atoms with Crippen LogP contribution in [0.5, 0.6) is 0 Å². The summed E-state index contributed by atoms with van der Waals surface area (Å²) >= 11 is 2.31. The molecule has 0 spiro atoms. The van der Waals surface area contributed by atoms with E-state index in [0.29, 0.717) is 5.82 Å². The second kappa shape index (κ2) is 8.43. The lowest BCUT2D eigenvalue weighted by Gasteiger charge is -2.34. The van der Waals surface area contributed by atoms with Crippen LogP contribution in [0.3, 0.4) is 0 Å². The molecule has 0 bridgehead atoms. The van der Waals surface area contributed by atoms with Gasteiger partial charge in [0.25, 0.3) is 0 Å². The van der Waals surface area contributed by atoms with Gasteiger partial charge in [-0.2, -0.15) is 0 Å². The lowest BCUT2D eigenvalue weighted by Crippen LogP contribution is -2.39. The molecule has 150 valence electrons. The van der Waals surface area contributed by atoms with E-state index in [-0.39, 0.29) is 0 Å². The molecule has 0 aliphatic rings. The molecule has 4 aromatic carbocycles. The van der Waals surface area contributed by atoms with Crippen LogP contribution >= 0.6 is 22.6 Å². The predicted octanol–water partition coefficient (Wildman–Crippen LogP) is 5.78. The van der Waals surface area contributed by atoms with Crippen molar-refractivity contribution >= 4 is 22.6 Å². The number of benzene rings is 4. The summed E-state index contributed by atoms with van der Waals surface area (Å²) in [6.45, 7) is 0. The number of aromatic nitrogens is 4. The topological polar surface area (TPSA) is 43.6 Å². The van der Waals surface area contributed by atoms with E-state index in [0.717, 1.165) is 25.8 Å². The first kappa shape index (κ1) is 19.6. The standard InChI is InChI=1S/C26H19IN4/c27-24-19-11-10-18-23(24)25-28-30-31(29-25)26(20-12-4-1-5-13-20,21-14-6-2-7-15-21)22-16-8-3-9-17-22/h1-19H. The predicted molar refractivity (Wildman–Crippen MR) is 131 cm³/mol. The summed E-state index contributed by atoms with van der Waals surface area (Å²) in [5, 5.41) is 14.0. The normalized spacial score (nSPS) is 11.4. The van der Waals surface area contributed by atoms with Crippen LogP contribution in [0.2, 0.25) is 0 Å². The SMILES string of the molecule is Ic1ccccc1-c1nnn(C(c2ccccc2)(c2ccccc2)c2ccccc2)n1. The van der Waals surface area contributed by atoms with Crippen LogP contribution in [0.1, 0.15) is 16.7 Å². The average molecular weight is 514 g/mol. The fourth-order valence-corrected chi connectivity index (χ4v) is 4.62. The molecule has 0 N–H and O–H groups in total. The molecule has 31 heavy (non-hydrogen) atoms. The zero-order chi connectivity index (χ0) is 21.1. The molecule has 0 amide bonds. The highest BCUT2D eigenvalue weighted by Gasteiger charge is 2.41. The van der Waals surface area contributed by atoms with Crippen LogP contribution in [-0.4, -0.2) is 20.2 Å². The van der Waals surface area contributed by atoms with Gasteiger partial charge in [-0.05, 0) is 56.6 Å². The minimum absolute atomic E-state index is 0.608. The number of halogens is 1. The third-order valence-corrected chi connectivity index (χ3v) is 6.34. The Morgan fingerprint density at radius 3 is 1.52 bits per heavy atom. The van der Waals surface area contributed by atoms with Crippen molar-refractivity contribution in [2.75, 3.05) is 0 Å². The van der Waals surface area contributed by atoms with Crippen LogP contribution in [-0.2, 0) is 5.54 Å². The molecule has 5 aromatic rings. The Balaban J connectivity index is 1.83. The summed E-state index contributed by atoms with van der Waals surface area (Å²) in [6.07, 6.45) is 0. The maximum absolute atomic E-state index is 4.93. The van der Waals surface area contributed by atoms with Crippen molar-refractivity contribution in [3.63, 3.8) is 0 Å². The van der Waals surface area contributed by atoms with E-state index in [1.807, 2.05) is 72.8 Å². The largest absolute Gasteiger partial charge is 0.206 e. The summed E-state index contributed by atoms with van der Waals surface area (Å²) in [7, 11) is 0. The molecule has 0 saturated carbocycles. The summed E-state index contributed by atoms with van der Waals surface area (Å²) in [5.74, 6) is 0.608. The Labute approximate surface area is 194 Å². The Hall–Kier alpha value is -3.32. The van der Waals surface area contributed by atoms with Crippen molar-refractivity contribution < 1.29 is 0 Å². The van der Waals surface area contributed by atoms with Gasteiger partial charge in [-0.1, -0.05) is 103 Å². The van der Waals surface area contributed by atoms with Gasteiger partial charge >= 0.3 is 0 Å². The number of hydrogen-bond donors (Lipinski definition) is 0.